The summed E-state index contributed by atoms with van der Waals surface area (Å²) in [6.45, 7) is 11.2. The van der Waals surface area contributed by atoms with Gasteiger partial charge in [0.1, 0.15) is 17.9 Å². The van der Waals surface area contributed by atoms with Gasteiger partial charge in [-0.15, -0.1) is 0 Å². The highest BCUT2D eigenvalue weighted by atomic mass is 16.5. The Kier molecular flexibility index (Phi) is 10.3. The molecule has 9 nitrogen and oxygen atoms in total. The zero-order valence-electron chi connectivity index (χ0n) is 26.7. The first kappa shape index (κ1) is 32.7. The van der Waals surface area contributed by atoms with Crippen molar-refractivity contribution in [1.29, 1.82) is 5.41 Å². The third kappa shape index (κ3) is 6.81. The van der Waals surface area contributed by atoms with Crippen LogP contribution in [0.3, 0.4) is 0 Å². The number of ether oxygens (including phenoxy) is 1. The Morgan fingerprint density at radius 3 is 2.36 bits per heavy atom. The van der Waals surface area contributed by atoms with E-state index in [9.17, 15) is 14.4 Å². The number of carbonyl (C=O) groups is 3. The molecule has 4 saturated carbocycles. The van der Waals surface area contributed by atoms with Crippen LogP contribution in [-0.4, -0.2) is 48.4 Å². The van der Waals surface area contributed by atoms with Crippen molar-refractivity contribution in [3.8, 4) is 0 Å². The summed E-state index contributed by atoms with van der Waals surface area (Å²) in [6, 6.07) is -1.45. The summed E-state index contributed by atoms with van der Waals surface area (Å²) in [5.74, 6) is 2.63. The number of hydrogen-bond donors (Lipinski definition) is 5. The van der Waals surface area contributed by atoms with E-state index in [0.717, 1.165) is 32.1 Å². The van der Waals surface area contributed by atoms with Crippen LogP contribution in [-0.2, 0) is 19.1 Å². The molecule has 1 amide bonds. The molecule has 0 aliphatic heterocycles. The molecule has 0 heterocycles. The Hall–Kier alpha value is -2.16. The van der Waals surface area contributed by atoms with E-state index in [4.69, 9.17) is 21.6 Å². The molecule has 4 aliphatic rings. The Labute approximate surface area is 252 Å². The van der Waals surface area contributed by atoms with E-state index in [1.165, 1.54) is 25.7 Å². The van der Waals surface area contributed by atoms with Gasteiger partial charge in [-0.3, -0.25) is 15.0 Å². The summed E-state index contributed by atoms with van der Waals surface area (Å²) >= 11 is 0. The molecule has 0 saturated heterocycles. The third-order valence-electron chi connectivity index (χ3n) is 12.0. The summed E-state index contributed by atoms with van der Waals surface area (Å²) in [5.41, 5.74) is 11.8. The highest BCUT2D eigenvalue weighted by Gasteiger charge is 2.61. The topological polar surface area (TPSA) is 160 Å². The van der Waals surface area contributed by atoms with E-state index in [0.29, 0.717) is 55.3 Å². The van der Waals surface area contributed by atoms with Gasteiger partial charge in [0, 0.05) is 12.5 Å². The highest BCUT2D eigenvalue weighted by Crippen LogP contribution is 2.67. The highest BCUT2D eigenvalue weighted by molar-refractivity contribution is 5.87. The van der Waals surface area contributed by atoms with E-state index in [-0.39, 0.29) is 46.6 Å². The van der Waals surface area contributed by atoms with Crippen LogP contribution in [0.2, 0.25) is 0 Å². The molecule has 0 bridgehead atoms. The van der Waals surface area contributed by atoms with Gasteiger partial charge < -0.3 is 26.8 Å². The lowest BCUT2D eigenvalue weighted by Gasteiger charge is -2.61. The fraction of sp³-hybridized carbons (Fsp3) is 0.879. The number of guanidine groups is 1. The Balaban J connectivity index is 1.33. The van der Waals surface area contributed by atoms with Crippen molar-refractivity contribution in [3.63, 3.8) is 0 Å². The van der Waals surface area contributed by atoms with Crippen molar-refractivity contribution in [1.82, 2.24) is 10.6 Å². The van der Waals surface area contributed by atoms with Crippen LogP contribution in [0.1, 0.15) is 112 Å². The van der Waals surface area contributed by atoms with Gasteiger partial charge in [-0.05, 0) is 124 Å². The van der Waals surface area contributed by atoms with E-state index >= 15 is 0 Å². The lowest BCUT2D eigenvalue weighted by Crippen LogP contribution is -2.55. The van der Waals surface area contributed by atoms with Crippen molar-refractivity contribution in [2.75, 3.05) is 6.54 Å². The molecule has 10 atom stereocenters. The maximum Gasteiger partial charge on any atom is 0.328 e. The van der Waals surface area contributed by atoms with E-state index in [1.807, 2.05) is 13.8 Å². The monoisotopic (exact) mass is 587 g/mol. The second-order valence-corrected chi connectivity index (χ2v) is 15.1. The van der Waals surface area contributed by atoms with Crippen LogP contribution in [0.15, 0.2) is 0 Å². The van der Waals surface area contributed by atoms with Crippen molar-refractivity contribution < 1.29 is 19.1 Å². The van der Waals surface area contributed by atoms with Crippen molar-refractivity contribution in [3.05, 3.63) is 0 Å². The smallest absolute Gasteiger partial charge is 0.328 e. The van der Waals surface area contributed by atoms with Crippen LogP contribution >= 0.6 is 0 Å². The second-order valence-electron chi connectivity index (χ2n) is 15.1. The number of hydrogen-bond acceptors (Lipinski definition) is 6. The van der Waals surface area contributed by atoms with Crippen molar-refractivity contribution >= 4 is 23.6 Å². The summed E-state index contributed by atoms with van der Waals surface area (Å²) in [7, 11) is 0. The van der Waals surface area contributed by atoms with Gasteiger partial charge in [0.05, 0.1) is 6.04 Å². The van der Waals surface area contributed by atoms with Crippen LogP contribution in [0, 0.1) is 51.7 Å². The number of fused-ring (bicyclic) bond motifs is 5. The van der Waals surface area contributed by atoms with E-state index in [2.05, 4.69) is 24.5 Å². The zero-order valence-corrected chi connectivity index (χ0v) is 26.7. The van der Waals surface area contributed by atoms with Gasteiger partial charge in [-0.25, -0.2) is 4.79 Å². The Morgan fingerprint density at radius 1 is 1.00 bits per heavy atom. The van der Waals surface area contributed by atoms with Crippen LogP contribution in [0.5, 0.6) is 0 Å². The molecule has 0 spiro atoms. The van der Waals surface area contributed by atoms with Gasteiger partial charge in [-0.1, -0.05) is 27.7 Å². The first-order valence-electron chi connectivity index (χ1n) is 16.6. The predicted molar refractivity (Wildman–Crippen MR) is 164 cm³/mol. The predicted octanol–water partition coefficient (Wildman–Crippen LogP) is 4.27. The first-order valence-corrected chi connectivity index (χ1v) is 16.6. The maximum absolute atomic E-state index is 13.4. The van der Waals surface area contributed by atoms with Crippen molar-refractivity contribution in [2.45, 2.75) is 130 Å². The summed E-state index contributed by atoms with van der Waals surface area (Å²) in [4.78, 5) is 38.7. The fourth-order valence-electron chi connectivity index (χ4n) is 9.88. The van der Waals surface area contributed by atoms with Gasteiger partial charge in [0.25, 0.3) is 0 Å². The van der Waals surface area contributed by atoms with Gasteiger partial charge in [0.2, 0.25) is 5.91 Å². The number of rotatable bonds is 11. The maximum atomic E-state index is 13.4. The molecule has 0 aromatic heterocycles. The normalized spacial score (nSPS) is 37.0. The first-order chi connectivity index (χ1) is 19.8. The minimum Gasteiger partial charge on any atom is -0.461 e. The molecule has 0 aromatic carbocycles. The fourth-order valence-corrected chi connectivity index (χ4v) is 9.88. The molecule has 4 rings (SSSR count). The largest absolute Gasteiger partial charge is 0.461 e. The second kappa shape index (κ2) is 13.2. The third-order valence-corrected chi connectivity index (χ3v) is 12.0. The minimum atomic E-state index is -0.741. The lowest BCUT2D eigenvalue weighted by molar-refractivity contribution is -0.166. The Morgan fingerprint density at radius 2 is 1.69 bits per heavy atom. The quantitative estimate of drug-likeness (QED) is 0.104. The summed E-state index contributed by atoms with van der Waals surface area (Å²) < 4.78 is 6.14. The number of esters is 1. The van der Waals surface area contributed by atoms with Gasteiger partial charge in [0.15, 0.2) is 5.96 Å². The molecule has 4 fully saturated rings. The van der Waals surface area contributed by atoms with E-state index in [1.54, 1.807) is 6.92 Å². The molecule has 9 heteroatoms. The molecule has 4 aliphatic carbocycles. The molecule has 0 unspecified atom stereocenters. The van der Waals surface area contributed by atoms with E-state index < -0.39 is 12.1 Å². The summed E-state index contributed by atoms with van der Waals surface area (Å²) in [5, 5.41) is 12.8. The summed E-state index contributed by atoms with van der Waals surface area (Å²) in [6.07, 6.45) is 11.3. The molecular weight excluding hydrogens is 530 g/mol. The number of carbonyl (C=O) groups excluding carboxylic acids is 3. The number of nitrogens with two attached hydrogens (primary N) is 2. The number of amides is 1. The van der Waals surface area contributed by atoms with Crippen LogP contribution in [0.4, 0.5) is 0 Å². The van der Waals surface area contributed by atoms with Crippen LogP contribution < -0.4 is 22.1 Å². The van der Waals surface area contributed by atoms with Gasteiger partial charge >= 0.3 is 5.97 Å². The molecule has 0 radical (unpaired) electrons. The number of ketones is 1. The van der Waals surface area contributed by atoms with Crippen LogP contribution in [0.25, 0.3) is 0 Å². The SMILES string of the molecule is CC(=O)[C@H]1CC[C@H]2[C@@H]3CC[C@H]4C[C@H](OC(=O)[C@H](CC(C)C)NC(=O)[C@@H](N)CCCNC(=N)N)CC[C@]4(C)[C@H]3CC[C@]12C. The van der Waals surface area contributed by atoms with Gasteiger partial charge in [-0.2, -0.15) is 0 Å². The number of nitrogens with one attached hydrogen (secondary N) is 3. The standard InChI is InChI=1S/C33H57N5O4/c1-19(2)17-28(38-29(40)27(34)7-6-16-37-31(35)36)30(41)42-22-12-14-32(4)21(18-22)8-9-23-25-11-10-24(20(3)39)33(25,5)15-13-26(23)32/h19,21-28H,6-18,34H2,1-5H3,(H,38,40)(H4,35,36,37)/t21-,22+,23-,24+,25-,26-,27-,28-,32-,33+/m0/s1. The number of Topliss-reactive ketones (excluding diaryl/α,β-unsaturated/α-hetero) is 1. The Bertz CT molecular complexity index is 1020. The molecule has 0 aromatic rings. The molecule has 238 valence electrons. The molecule has 42 heavy (non-hydrogen) atoms. The minimum absolute atomic E-state index is 0.109. The average Bonchev–Trinajstić information content (AvgIpc) is 3.28. The van der Waals surface area contributed by atoms with Crippen molar-refractivity contribution in [2.24, 2.45) is 57.8 Å². The average molecular weight is 588 g/mol. The molecule has 7 N–H and O–H groups in total. The molecular formula is C33H57N5O4. The zero-order chi connectivity index (χ0) is 30.8. The lowest BCUT2D eigenvalue weighted by atomic mass is 9.44.